The number of ether oxygens (including phenoxy) is 2. The van der Waals surface area contributed by atoms with Gasteiger partial charge in [-0.1, -0.05) is 12.1 Å². The zero-order valence-electron chi connectivity index (χ0n) is 12.1. The monoisotopic (exact) mass is 298 g/mol. The standard InChI is InChI=1S/C17H14O5/c1-20-10-7-13(19)17(15(8-10)21-2)16-9-12(18)11-5-3-4-6-14(11)22-16/h3-9,19H,1-2H3. The van der Waals surface area contributed by atoms with Crippen LogP contribution in [0.1, 0.15) is 0 Å². The third-order valence-corrected chi connectivity index (χ3v) is 3.39. The summed E-state index contributed by atoms with van der Waals surface area (Å²) in [5, 5.41) is 10.7. The molecular formula is C17H14O5. The van der Waals surface area contributed by atoms with Crippen LogP contribution in [-0.4, -0.2) is 19.3 Å². The quantitative estimate of drug-likeness (QED) is 0.804. The second-order valence-corrected chi connectivity index (χ2v) is 4.69. The third kappa shape index (κ3) is 2.26. The van der Waals surface area contributed by atoms with Gasteiger partial charge in [0.05, 0.1) is 19.6 Å². The predicted octanol–water partition coefficient (Wildman–Crippen LogP) is 3.18. The van der Waals surface area contributed by atoms with Gasteiger partial charge in [-0.25, -0.2) is 0 Å². The van der Waals surface area contributed by atoms with Gasteiger partial charge < -0.3 is 19.0 Å². The zero-order valence-corrected chi connectivity index (χ0v) is 12.1. The molecule has 0 aliphatic heterocycles. The molecule has 0 fully saturated rings. The minimum atomic E-state index is -0.186. The molecule has 0 unspecified atom stereocenters. The van der Waals surface area contributed by atoms with Gasteiger partial charge in [-0.3, -0.25) is 4.79 Å². The van der Waals surface area contributed by atoms with Gasteiger partial charge in [0.15, 0.2) is 5.43 Å². The Morgan fingerprint density at radius 1 is 1.05 bits per heavy atom. The molecule has 3 aromatic rings. The smallest absolute Gasteiger partial charge is 0.193 e. The third-order valence-electron chi connectivity index (χ3n) is 3.39. The fourth-order valence-electron chi connectivity index (χ4n) is 2.33. The lowest BCUT2D eigenvalue weighted by Crippen LogP contribution is -2.01. The van der Waals surface area contributed by atoms with Crippen molar-refractivity contribution in [1.29, 1.82) is 0 Å². The topological polar surface area (TPSA) is 68.9 Å². The van der Waals surface area contributed by atoms with E-state index < -0.39 is 0 Å². The Morgan fingerprint density at radius 3 is 2.55 bits per heavy atom. The summed E-state index contributed by atoms with van der Waals surface area (Å²) in [5.74, 6) is 0.951. The van der Waals surface area contributed by atoms with Gasteiger partial charge in [-0.2, -0.15) is 0 Å². The fraction of sp³-hybridized carbons (Fsp3) is 0.118. The van der Waals surface area contributed by atoms with E-state index in [0.29, 0.717) is 28.0 Å². The first-order valence-electron chi connectivity index (χ1n) is 6.62. The Bertz CT molecular complexity index is 895. The summed E-state index contributed by atoms with van der Waals surface area (Å²) in [6.45, 7) is 0. The number of methoxy groups -OCH3 is 2. The number of rotatable bonds is 3. The van der Waals surface area contributed by atoms with Crippen LogP contribution in [0, 0.1) is 0 Å². The predicted molar refractivity (Wildman–Crippen MR) is 82.7 cm³/mol. The fourth-order valence-corrected chi connectivity index (χ4v) is 2.33. The van der Waals surface area contributed by atoms with Crippen LogP contribution in [0.4, 0.5) is 0 Å². The number of benzene rings is 2. The van der Waals surface area contributed by atoms with Crippen molar-refractivity contribution < 1.29 is 19.0 Å². The molecule has 0 amide bonds. The lowest BCUT2D eigenvalue weighted by molar-refractivity contribution is 0.385. The van der Waals surface area contributed by atoms with E-state index >= 15 is 0 Å². The largest absolute Gasteiger partial charge is 0.507 e. The lowest BCUT2D eigenvalue weighted by Gasteiger charge is -2.12. The van der Waals surface area contributed by atoms with E-state index in [1.807, 2.05) is 0 Å². The average Bonchev–Trinajstić information content (AvgIpc) is 2.53. The summed E-state index contributed by atoms with van der Waals surface area (Å²) < 4.78 is 16.1. The van der Waals surface area contributed by atoms with Gasteiger partial charge in [0.1, 0.15) is 34.2 Å². The second-order valence-electron chi connectivity index (χ2n) is 4.69. The number of hydrogen-bond acceptors (Lipinski definition) is 5. The van der Waals surface area contributed by atoms with E-state index in [4.69, 9.17) is 13.9 Å². The molecule has 112 valence electrons. The van der Waals surface area contributed by atoms with Crippen molar-refractivity contribution in [3.05, 3.63) is 52.7 Å². The van der Waals surface area contributed by atoms with Crippen molar-refractivity contribution in [3.63, 3.8) is 0 Å². The number of para-hydroxylation sites is 1. The highest BCUT2D eigenvalue weighted by atomic mass is 16.5. The highest BCUT2D eigenvalue weighted by Crippen LogP contribution is 2.41. The Kier molecular flexibility index (Phi) is 3.47. The van der Waals surface area contributed by atoms with Crippen LogP contribution < -0.4 is 14.9 Å². The van der Waals surface area contributed by atoms with Crippen LogP contribution in [0.3, 0.4) is 0 Å². The summed E-state index contributed by atoms with van der Waals surface area (Å²) in [6, 6.07) is 11.3. The maximum absolute atomic E-state index is 12.2. The number of phenols is 1. The van der Waals surface area contributed by atoms with Gasteiger partial charge in [0.2, 0.25) is 0 Å². The van der Waals surface area contributed by atoms with Crippen LogP contribution in [0.15, 0.2) is 51.7 Å². The van der Waals surface area contributed by atoms with E-state index in [1.54, 1.807) is 30.3 Å². The molecule has 1 heterocycles. The van der Waals surface area contributed by atoms with Crippen LogP contribution >= 0.6 is 0 Å². The maximum atomic E-state index is 12.2. The molecule has 0 aliphatic carbocycles. The maximum Gasteiger partial charge on any atom is 0.193 e. The second kappa shape index (κ2) is 5.44. The van der Waals surface area contributed by atoms with Crippen LogP contribution in [-0.2, 0) is 0 Å². The molecule has 3 rings (SSSR count). The van der Waals surface area contributed by atoms with Crippen molar-refractivity contribution in [3.8, 4) is 28.6 Å². The van der Waals surface area contributed by atoms with Gasteiger partial charge in [0, 0.05) is 18.2 Å². The Labute approximate surface area is 126 Å². The van der Waals surface area contributed by atoms with Gasteiger partial charge in [-0.15, -0.1) is 0 Å². The molecule has 5 heteroatoms. The first kappa shape index (κ1) is 14.0. The molecule has 0 bridgehead atoms. The Hall–Kier alpha value is -2.95. The molecule has 0 spiro atoms. The number of aromatic hydroxyl groups is 1. The van der Waals surface area contributed by atoms with Crippen LogP contribution in [0.2, 0.25) is 0 Å². The minimum Gasteiger partial charge on any atom is -0.507 e. The molecule has 0 radical (unpaired) electrons. The lowest BCUT2D eigenvalue weighted by atomic mass is 10.1. The molecule has 2 aromatic carbocycles. The number of phenolic OH excluding ortho intramolecular Hbond substituents is 1. The minimum absolute atomic E-state index is 0.0883. The molecule has 0 atom stereocenters. The van der Waals surface area contributed by atoms with Gasteiger partial charge >= 0.3 is 0 Å². The first-order valence-corrected chi connectivity index (χ1v) is 6.62. The van der Waals surface area contributed by atoms with Crippen molar-refractivity contribution >= 4 is 11.0 Å². The molecule has 0 aliphatic rings. The van der Waals surface area contributed by atoms with E-state index in [-0.39, 0.29) is 16.9 Å². The molecule has 0 saturated carbocycles. The molecule has 5 nitrogen and oxygen atoms in total. The van der Waals surface area contributed by atoms with Crippen molar-refractivity contribution in [2.45, 2.75) is 0 Å². The van der Waals surface area contributed by atoms with Crippen molar-refractivity contribution in [2.75, 3.05) is 14.2 Å². The first-order chi connectivity index (χ1) is 10.6. The van der Waals surface area contributed by atoms with Crippen LogP contribution in [0.5, 0.6) is 17.2 Å². The Balaban J connectivity index is 2.30. The summed E-state index contributed by atoms with van der Waals surface area (Å²) in [4.78, 5) is 12.2. The average molecular weight is 298 g/mol. The number of hydrogen-bond donors (Lipinski definition) is 1. The summed E-state index contributed by atoms with van der Waals surface area (Å²) in [6.07, 6.45) is 0. The zero-order chi connectivity index (χ0) is 15.7. The van der Waals surface area contributed by atoms with Gasteiger partial charge in [0.25, 0.3) is 0 Å². The summed E-state index contributed by atoms with van der Waals surface area (Å²) >= 11 is 0. The van der Waals surface area contributed by atoms with E-state index in [2.05, 4.69) is 0 Å². The molecule has 0 saturated heterocycles. The molecule has 22 heavy (non-hydrogen) atoms. The summed E-state index contributed by atoms with van der Waals surface area (Å²) in [5.41, 5.74) is 0.572. The molecule has 1 aromatic heterocycles. The molecular weight excluding hydrogens is 284 g/mol. The van der Waals surface area contributed by atoms with E-state index in [0.717, 1.165) is 0 Å². The SMILES string of the molecule is COc1cc(O)c(-c2cc(=O)c3ccccc3o2)c(OC)c1. The normalized spacial score (nSPS) is 10.6. The van der Waals surface area contributed by atoms with Crippen molar-refractivity contribution in [2.24, 2.45) is 0 Å². The van der Waals surface area contributed by atoms with Crippen LogP contribution in [0.25, 0.3) is 22.3 Å². The number of fused-ring (bicyclic) bond motifs is 1. The van der Waals surface area contributed by atoms with Crippen molar-refractivity contribution in [1.82, 2.24) is 0 Å². The Morgan fingerprint density at radius 2 is 1.82 bits per heavy atom. The molecule has 1 N–H and O–H groups in total. The van der Waals surface area contributed by atoms with E-state index in [9.17, 15) is 9.90 Å². The summed E-state index contributed by atoms with van der Waals surface area (Å²) in [7, 11) is 2.96. The highest BCUT2D eigenvalue weighted by molar-refractivity contribution is 5.81. The van der Waals surface area contributed by atoms with E-state index in [1.165, 1.54) is 26.4 Å². The van der Waals surface area contributed by atoms with Gasteiger partial charge in [-0.05, 0) is 12.1 Å². The highest BCUT2D eigenvalue weighted by Gasteiger charge is 2.17.